The zero-order chi connectivity index (χ0) is 17.5. The van der Waals surface area contributed by atoms with Gasteiger partial charge in [0.2, 0.25) is 0 Å². The molecular weight excluding hydrogens is 318 g/mol. The lowest BCUT2D eigenvalue weighted by atomic mass is 10.1. The van der Waals surface area contributed by atoms with Crippen LogP contribution in [0, 0.1) is 0 Å². The Morgan fingerprint density at radius 2 is 1.79 bits per heavy atom. The van der Waals surface area contributed by atoms with Crippen molar-refractivity contribution >= 4 is 11.9 Å². The Bertz CT molecular complexity index is 742. The van der Waals surface area contributed by atoms with E-state index in [2.05, 4.69) is 4.74 Å². The van der Waals surface area contributed by atoms with E-state index in [0.717, 1.165) is 0 Å². The van der Waals surface area contributed by atoms with Gasteiger partial charge in [-0.2, -0.15) is 8.78 Å². The quantitative estimate of drug-likeness (QED) is 0.562. The van der Waals surface area contributed by atoms with Crippen molar-refractivity contribution in [2.24, 2.45) is 0 Å². The largest absolute Gasteiger partial charge is 0.497 e. The summed E-state index contributed by atoms with van der Waals surface area (Å²) in [5.41, 5.74) is 0.709. The van der Waals surface area contributed by atoms with E-state index in [1.54, 1.807) is 36.4 Å². The summed E-state index contributed by atoms with van der Waals surface area (Å²) in [7, 11) is 2.96. The van der Waals surface area contributed by atoms with Crippen LogP contribution in [0.1, 0.15) is 15.9 Å². The fourth-order valence-electron chi connectivity index (χ4n) is 2.08. The second-order valence-corrected chi connectivity index (χ2v) is 4.68. The van der Waals surface area contributed by atoms with Gasteiger partial charge in [0.25, 0.3) is 0 Å². The molecule has 0 saturated carbocycles. The van der Waals surface area contributed by atoms with Gasteiger partial charge in [0, 0.05) is 11.6 Å². The Morgan fingerprint density at radius 3 is 2.46 bits per heavy atom. The minimum Gasteiger partial charge on any atom is -0.497 e. The van der Waals surface area contributed by atoms with Gasteiger partial charge in [-0.05, 0) is 30.4 Å². The average molecular weight is 334 g/mol. The van der Waals surface area contributed by atoms with Crippen LogP contribution in [0.3, 0.4) is 0 Å². The van der Waals surface area contributed by atoms with Crippen LogP contribution in [0.2, 0.25) is 0 Å². The molecule has 0 aliphatic carbocycles. The van der Waals surface area contributed by atoms with Crippen LogP contribution in [0.4, 0.5) is 8.78 Å². The molecule has 0 heterocycles. The highest BCUT2D eigenvalue weighted by molar-refractivity contribution is 6.08. The van der Waals surface area contributed by atoms with Gasteiger partial charge < -0.3 is 14.2 Å². The van der Waals surface area contributed by atoms with E-state index in [4.69, 9.17) is 9.47 Å². The highest BCUT2D eigenvalue weighted by Gasteiger charge is 2.12. The summed E-state index contributed by atoms with van der Waals surface area (Å²) >= 11 is 0. The van der Waals surface area contributed by atoms with Crippen molar-refractivity contribution in [3.05, 3.63) is 59.7 Å². The molecule has 0 saturated heterocycles. The van der Waals surface area contributed by atoms with Gasteiger partial charge in [-0.15, -0.1) is 0 Å². The van der Waals surface area contributed by atoms with Crippen LogP contribution in [0.25, 0.3) is 6.08 Å². The number of carbonyl (C=O) groups is 1. The number of ketones is 1. The Hall–Kier alpha value is -2.89. The SMILES string of the molecule is COc1ccc(C(=O)/C=C/c2ccccc2OC(F)F)c(OC)c1. The Kier molecular flexibility index (Phi) is 5.89. The molecule has 0 fully saturated rings. The number of ether oxygens (including phenoxy) is 3. The fourth-order valence-corrected chi connectivity index (χ4v) is 2.08. The first-order valence-corrected chi connectivity index (χ1v) is 7.03. The van der Waals surface area contributed by atoms with Gasteiger partial charge in [-0.3, -0.25) is 4.79 Å². The summed E-state index contributed by atoms with van der Waals surface area (Å²) in [5.74, 6) is 0.587. The third kappa shape index (κ3) is 4.32. The molecule has 4 nitrogen and oxygen atoms in total. The summed E-state index contributed by atoms with van der Waals surface area (Å²) in [6.45, 7) is -2.93. The van der Waals surface area contributed by atoms with Crippen LogP contribution >= 0.6 is 0 Å². The minimum atomic E-state index is -2.93. The molecule has 0 amide bonds. The number of hydrogen-bond acceptors (Lipinski definition) is 4. The lowest BCUT2D eigenvalue weighted by Crippen LogP contribution is -2.03. The zero-order valence-electron chi connectivity index (χ0n) is 13.2. The third-order valence-corrected chi connectivity index (χ3v) is 3.22. The molecule has 0 unspecified atom stereocenters. The second kappa shape index (κ2) is 8.10. The van der Waals surface area contributed by atoms with E-state index in [-0.39, 0.29) is 11.5 Å². The number of halogens is 2. The number of allylic oxidation sites excluding steroid dienone is 1. The monoisotopic (exact) mass is 334 g/mol. The van der Waals surface area contributed by atoms with Gasteiger partial charge in [0.05, 0.1) is 19.8 Å². The van der Waals surface area contributed by atoms with E-state index < -0.39 is 6.61 Å². The Balaban J connectivity index is 2.25. The smallest absolute Gasteiger partial charge is 0.387 e. The summed E-state index contributed by atoms with van der Waals surface area (Å²) < 4.78 is 39.5. The zero-order valence-corrected chi connectivity index (χ0v) is 13.2. The number of benzene rings is 2. The van der Waals surface area contributed by atoms with Crippen LogP contribution in [-0.4, -0.2) is 26.6 Å². The summed E-state index contributed by atoms with van der Waals surface area (Å²) in [6, 6.07) is 11.0. The molecule has 2 aromatic rings. The Labute approximate surface area is 138 Å². The Morgan fingerprint density at radius 1 is 1.04 bits per heavy atom. The van der Waals surface area contributed by atoms with Crippen molar-refractivity contribution in [2.75, 3.05) is 14.2 Å². The number of carbonyl (C=O) groups excluding carboxylic acids is 1. The maximum atomic E-state index is 12.4. The minimum absolute atomic E-state index is 0.00162. The van der Waals surface area contributed by atoms with Crippen molar-refractivity contribution < 1.29 is 27.8 Å². The molecule has 126 valence electrons. The fraction of sp³-hybridized carbons (Fsp3) is 0.167. The lowest BCUT2D eigenvalue weighted by Gasteiger charge is -2.09. The normalized spacial score (nSPS) is 10.9. The number of alkyl halides is 2. The van der Waals surface area contributed by atoms with Crippen molar-refractivity contribution in [3.8, 4) is 17.2 Å². The molecule has 6 heteroatoms. The highest BCUT2D eigenvalue weighted by atomic mass is 19.3. The molecule has 2 aromatic carbocycles. The van der Waals surface area contributed by atoms with Gasteiger partial charge in [-0.1, -0.05) is 18.2 Å². The van der Waals surface area contributed by atoms with Crippen molar-refractivity contribution in [1.29, 1.82) is 0 Å². The third-order valence-electron chi connectivity index (χ3n) is 3.22. The topological polar surface area (TPSA) is 44.8 Å². The van der Waals surface area contributed by atoms with E-state index >= 15 is 0 Å². The first kappa shape index (κ1) is 17.5. The van der Waals surface area contributed by atoms with Crippen LogP contribution in [0.15, 0.2) is 48.5 Å². The predicted octanol–water partition coefficient (Wildman–Crippen LogP) is 4.20. The number of para-hydroxylation sites is 1. The van der Waals surface area contributed by atoms with Crippen LogP contribution in [-0.2, 0) is 0 Å². The second-order valence-electron chi connectivity index (χ2n) is 4.68. The molecule has 0 N–H and O–H groups in total. The first-order valence-electron chi connectivity index (χ1n) is 7.03. The van der Waals surface area contributed by atoms with Gasteiger partial charge in [0.15, 0.2) is 5.78 Å². The molecule has 0 aliphatic rings. The summed E-state index contributed by atoms with van der Waals surface area (Å²) in [5, 5.41) is 0. The maximum absolute atomic E-state index is 12.4. The van der Waals surface area contributed by atoms with Gasteiger partial charge >= 0.3 is 6.61 Å². The van der Waals surface area contributed by atoms with Crippen LogP contribution < -0.4 is 14.2 Å². The number of methoxy groups -OCH3 is 2. The highest BCUT2D eigenvalue weighted by Crippen LogP contribution is 2.26. The molecule has 0 spiro atoms. The maximum Gasteiger partial charge on any atom is 0.387 e. The van der Waals surface area contributed by atoms with Crippen LogP contribution in [0.5, 0.6) is 17.2 Å². The van der Waals surface area contributed by atoms with E-state index in [1.165, 1.54) is 32.4 Å². The molecule has 0 atom stereocenters. The number of rotatable bonds is 7. The van der Waals surface area contributed by atoms with Crippen molar-refractivity contribution in [1.82, 2.24) is 0 Å². The van der Waals surface area contributed by atoms with Gasteiger partial charge in [0.1, 0.15) is 17.2 Å². The molecule has 0 bridgehead atoms. The van der Waals surface area contributed by atoms with Gasteiger partial charge in [-0.25, -0.2) is 0 Å². The van der Waals surface area contributed by atoms with E-state index in [9.17, 15) is 13.6 Å². The lowest BCUT2D eigenvalue weighted by molar-refractivity contribution is -0.0499. The molecule has 0 radical (unpaired) electrons. The molecule has 0 aliphatic heterocycles. The molecule has 24 heavy (non-hydrogen) atoms. The molecule has 2 rings (SSSR count). The average Bonchev–Trinajstić information content (AvgIpc) is 2.59. The summed E-state index contributed by atoms with van der Waals surface area (Å²) in [6.07, 6.45) is 2.70. The van der Waals surface area contributed by atoms with Crippen molar-refractivity contribution in [2.45, 2.75) is 6.61 Å². The first-order chi connectivity index (χ1) is 11.5. The van der Waals surface area contributed by atoms with E-state index in [0.29, 0.717) is 22.6 Å². The predicted molar refractivity (Wildman–Crippen MR) is 86.0 cm³/mol. The molecular formula is C18H16F2O4. The number of hydrogen-bond donors (Lipinski definition) is 0. The van der Waals surface area contributed by atoms with E-state index in [1.807, 2.05) is 0 Å². The molecule has 0 aromatic heterocycles. The standard InChI is InChI=1S/C18H16F2O4/c1-22-13-8-9-14(17(11-13)23-2)15(21)10-7-12-5-3-4-6-16(12)24-18(19)20/h3-11,18H,1-2H3/b10-7+. The summed E-state index contributed by atoms with van der Waals surface area (Å²) in [4.78, 5) is 12.3. The van der Waals surface area contributed by atoms with Crippen molar-refractivity contribution in [3.63, 3.8) is 0 Å².